The molecule has 0 bridgehead atoms. The number of hydrogen-bond acceptors (Lipinski definition) is 2. The highest BCUT2D eigenvalue weighted by Crippen LogP contribution is 2.24. The van der Waals surface area contributed by atoms with E-state index in [9.17, 15) is 4.39 Å². The molecule has 1 aromatic rings. The standard InChI is InChI=1S/C15H24FNO/c1-2-3-4-5-6-7-8-12-18-15-13(16)10-9-11-14(15)17/h9-11H,2-8,12,17H2,1H3. The van der Waals surface area contributed by atoms with Crippen molar-refractivity contribution in [2.75, 3.05) is 12.3 Å². The largest absolute Gasteiger partial charge is 0.488 e. The third-order valence-corrected chi connectivity index (χ3v) is 2.99. The highest BCUT2D eigenvalue weighted by Gasteiger charge is 2.06. The minimum Gasteiger partial charge on any atom is -0.488 e. The van der Waals surface area contributed by atoms with Crippen molar-refractivity contribution in [1.29, 1.82) is 0 Å². The van der Waals surface area contributed by atoms with Crippen molar-refractivity contribution in [2.45, 2.75) is 51.9 Å². The number of para-hydroxylation sites is 1. The van der Waals surface area contributed by atoms with Crippen molar-refractivity contribution in [3.63, 3.8) is 0 Å². The van der Waals surface area contributed by atoms with Crippen LogP contribution in [0.4, 0.5) is 10.1 Å². The quantitative estimate of drug-likeness (QED) is 0.518. The molecule has 0 aliphatic rings. The number of anilines is 1. The molecule has 0 aromatic heterocycles. The van der Waals surface area contributed by atoms with Crippen LogP contribution in [0.2, 0.25) is 0 Å². The van der Waals surface area contributed by atoms with Gasteiger partial charge in [0, 0.05) is 0 Å². The number of hydrogen-bond donors (Lipinski definition) is 1. The number of benzene rings is 1. The van der Waals surface area contributed by atoms with Crippen LogP contribution in [0.15, 0.2) is 18.2 Å². The summed E-state index contributed by atoms with van der Waals surface area (Å²) < 4.78 is 18.8. The lowest BCUT2D eigenvalue weighted by Gasteiger charge is -2.09. The molecule has 18 heavy (non-hydrogen) atoms. The molecule has 3 heteroatoms. The van der Waals surface area contributed by atoms with Crippen LogP contribution in [0.3, 0.4) is 0 Å². The first-order valence-corrected chi connectivity index (χ1v) is 6.92. The second-order valence-electron chi connectivity index (χ2n) is 4.63. The fraction of sp³-hybridized carbons (Fsp3) is 0.600. The molecular formula is C15H24FNO. The summed E-state index contributed by atoms with van der Waals surface area (Å²) in [6, 6.07) is 4.62. The summed E-state index contributed by atoms with van der Waals surface area (Å²) in [6.07, 6.45) is 8.53. The van der Waals surface area contributed by atoms with Crippen molar-refractivity contribution in [1.82, 2.24) is 0 Å². The summed E-state index contributed by atoms with van der Waals surface area (Å²) in [5, 5.41) is 0. The van der Waals surface area contributed by atoms with Gasteiger partial charge in [0.25, 0.3) is 0 Å². The minimum absolute atomic E-state index is 0.198. The van der Waals surface area contributed by atoms with Crippen LogP contribution in [0, 0.1) is 5.82 Å². The first kappa shape index (κ1) is 14.8. The molecule has 0 aliphatic carbocycles. The Morgan fingerprint density at radius 1 is 1.06 bits per heavy atom. The molecule has 0 spiro atoms. The second-order valence-corrected chi connectivity index (χ2v) is 4.63. The molecule has 2 nitrogen and oxygen atoms in total. The second kappa shape index (κ2) is 8.78. The Bertz CT molecular complexity index is 321. The third-order valence-electron chi connectivity index (χ3n) is 2.99. The monoisotopic (exact) mass is 253 g/mol. The maximum atomic E-state index is 13.4. The molecule has 0 atom stereocenters. The smallest absolute Gasteiger partial charge is 0.177 e. The molecule has 0 amide bonds. The summed E-state index contributed by atoms with van der Waals surface area (Å²) in [5.74, 6) is -0.179. The number of unbranched alkanes of at least 4 members (excludes halogenated alkanes) is 6. The Labute approximate surface area is 109 Å². The maximum Gasteiger partial charge on any atom is 0.177 e. The average Bonchev–Trinajstić information content (AvgIpc) is 2.35. The normalized spacial score (nSPS) is 10.6. The van der Waals surface area contributed by atoms with Crippen LogP contribution in [0.5, 0.6) is 5.75 Å². The van der Waals surface area contributed by atoms with Gasteiger partial charge >= 0.3 is 0 Å². The summed E-state index contributed by atoms with van der Waals surface area (Å²) in [6.45, 7) is 2.76. The Balaban J connectivity index is 2.11. The van der Waals surface area contributed by atoms with Gasteiger partial charge in [0.15, 0.2) is 11.6 Å². The Kier molecular flexibility index (Phi) is 7.23. The van der Waals surface area contributed by atoms with Gasteiger partial charge in [0.05, 0.1) is 12.3 Å². The van der Waals surface area contributed by atoms with Crippen molar-refractivity contribution in [3.8, 4) is 5.75 Å². The SMILES string of the molecule is CCCCCCCCCOc1c(N)cccc1F. The fourth-order valence-corrected chi connectivity index (χ4v) is 1.91. The lowest BCUT2D eigenvalue weighted by molar-refractivity contribution is 0.291. The van der Waals surface area contributed by atoms with Crippen LogP contribution >= 0.6 is 0 Å². The summed E-state index contributed by atoms with van der Waals surface area (Å²) in [4.78, 5) is 0. The molecule has 0 unspecified atom stereocenters. The highest BCUT2D eigenvalue weighted by atomic mass is 19.1. The number of halogens is 1. The first-order valence-electron chi connectivity index (χ1n) is 6.92. The minimum atomic E-state index is -0.377. The van der Waals surface area contributed by atoms with Crippen molar-refractivity contribution in [3.05, 3.63) is 24.0 Å². The highest BCUT2D eigenvalue weighted by molar-refractivity contribution is 5.52. The topological polar surface area (TPSA) is 35.2 Å². The van der Waals surface area contributed by atoms with Crippen molar-refractivity contribution >= 4 is 5.69 Å². The Morgan fingerprint density at radius 3 is 2.39 bits per heavy atom. The molecule has 0 saturated heterocycles. The third kappa shape index (κ3) is 5.39. The van der Waals surface area contributed by atoms with E-state index in [0.717, 1.165) is 12.8 Å². The van der Waals surface area contributed by atoms with Gasteiger partial charge in [0.2, 0.25) is 0 Å². The number of nitrogens with two attached hydrogens (primary N) is 1. The molecule has 0 heterocycles. The van der Waals surface area contributed by atoms with E-state index in [1.54, 1.807) is 12.1 Å². The van der Waals surface area contributed by atoms with Gasteiger partial charge in [-0.05, 0) is 18.6 Å². The molecule has 1 aromatic carbocycles. The van der Waals surface area contributed by atoms with Gasteiger partial charge in [-0.25, -0.2) is 4.39 Å². The van der Waals surface area contributed by atoms with Crippen LogP contribution in [0.25, 0.3) is 0 Å². The molecular weight excluding hydrogens is 229 g/mol. The van der Waals surface area contributed by atoms with Crippen molar-refractivity contribution in [2.24, 2.45) is 0 Å². The lowest BCUT2D eigenvalue weighted by atomic mass is 10.1. The van der Waals surface area contributed by atoms with Gasteiger partial charge < -0.3 is 10.5 Å². The van der Waals surface area contributed by atoms with Gasteiger partial charge in [-0.15, -0.1) is 0 Å². The van der Waals surface area contributed by atoms with Crippen molar-refractivity contribution < 1.29 is 9.13 Å². The molecule has 1 rings (SSSR count). The summed E-state index contributed by atoms with van der Waals surface area (Å²) >= 11 is 0. The maximum absolute atomic E-state index is 13.4. The van der Waals surface area contributed by atoms with E-state index in [1.165, 1.54) is 38.2 Å². The molecule has 102 valence electrons. The zero-order chi connectivity index (χ0) is 13.2. The number of rotatable bonds is 9. The predicted octanol–water partition coefficient (Wildman–Crippen LogP) is 4.54. The van der Waals surface area contributed by atoms with Gasteiger partial charge in [-0.1, -0.05) is 51.5 Å². The fourth-order valence-electron chi connectivity index (χ4n) is 1.91. The predicted molar refractivity (Wildman–Crippen MR) is 74.3 cm³/mol. The van der Waals surface area contributed by atoms with Crippen LogP contribution in [0.1, 0.15) is 51.9 Å². The van der Waals surface area contributed by atoms with E-state index in [2.05, 4.69) is 6.92 Å². The van der Waals surface area contributed by atoms with Crippen LogP contribution < -0.4 is 10.5 Å². The van der Waals surface area contributed by atoms with Gasteiger partial charge in [-0.2, -0.15) is 0 Å². The molecule has 2 N–H and O–H groups in total. The lowest BCUT2D eigenvalue weighted by Crippen LogP contribution is -2.02. The van der Waals surface area contributed by atoms with E-state index in [4.69, 9.17) is 10.5 Å². The molecule has 0 saturated carbocycles. The van der Waals surface area contributed by atoms with Crippen LogP contribution in [-0.4, -0.2) is 6.61 Å². The average molecular weight is 253 g/mol. The molecule has 0 fully saturated rings. The Morgan fingerprint density at radius 2 is 1.72 bits per heavy atom. The van der Waals surface area contributed by atoms with Gasteiger partial charge in [0.1, 0.15) is 0 Å². The number of ether oxygens (including phenoxy) is 1. The zero-order valence-corrected chi connectivity index (χ0v) is 11.3. The van der Waals surface area contributed by atoms with E-state index in [1.807, 2.05) is 0 Å². The summed E-state index contributed by atoms with van der Waals surface area (Å²) in [7, 11) is 0. The van der Waals surface area contributed by atoms with E-state index >= 15 is 0 Å². The van der Waals surface area contributed by atoms with E-state index < -0.39 is 0 Å². The number of nitrogen functional groups attached to an aromatic ring is 1. The van der Waals surface area contributed by atoms with E-state index in [-0.39, 0.29) is 11.6 Å². The Hall–Kier alpha value is -1.25. The molecule has 0 aliphatic heterocycles. The van der Waals surface area contributed by atoms with E-state index in [0.29, 0.717) is 12.3 Å². The first-order chi connectivity index (χ1) is 8.75. The van der Waals surface area contributed by atoms with Crippen LogP contribution in [-0.2, 0) is 0 Å². The summed E-state index contributed by atoms with van der Waals surface area (Å²) in [5.41, 5.74) is 6.03. The zero-order valence-electron chi connectivity index (χ0n) is 11.3. The molecule has 0 radical (unpaired) electrons. The van der Waals surface area contributed by atoms with Gasteiger partial charge in [-0.3, -0.25) is 0 Å².